The first-order chi connectivity index (χ1) is 7.84. The number of rotatable bonds is 5. The Morgan fingerprint density at radius 3 is 2.62 bits per heavy atom. The molecule has 0 aromatic carbocycles. The van der Waals surface area contributed by atoms with Gasteiger partial charge in [0.15, 0.2) is 0 Å². The molecule has 2 atom stereocenters. The summed E-state index contributed by atoms with van der Waals surface area (Å²) >= 11 is 0. The molecule has 0 amide bonds. The van der Waals surface area contributed by atoms with Gasteiger partial charge in [-0.05, 0) is 50.9 Å². The Bertz CT molecular complexity index is 184. The molecule has 0 spiro atoms. The lowest BCUT2D eigenvalue weighted by Gasteiger charge is -2.24. The molecule has 94 valence electrons. The Morgan fingerprint density at radius 2 is 1.94 bits per heavy atom. The molecule has 2 fully saturated rings. The van der Waals surface area contributed by atoms with Gasteiger partial charge in [0.25, 0.3) is 0 Å². The van der Waals surface area contributed by atoms with Gasteiger partial charge in [-0.15, -0.1) is 0 Å². The van der Waals surface area contributed by atoms with Crippen LogP contribution in [0.5, 0.6) is 0 Å². The molecule has 2 aliphatic rings. The van der Waals surface area contributed by atoms with Crippen molar-refractivity contribution in [2.24, 2.45) is 5.92 Å². The lowest BCUT2D eigenvalue weighted by Crippen LogP contribution is -2.22. The normalized spacial score (nSPS) is 29.4. The van der Waals surface area contributed by atoms with E-state index in [9.17, 15) is 5.11 Å². The molecule has 0 aromatic heterocycles. The molecule has 16 heavy (non-hydrogen) atoms. The number of hydrogen-bond donors (Lipinski definition) is 1. The maximum Gasteiger partial charge on any atom is 0.0577 e. The minimum absolute atomic E-state index is 0.132. The van der Waals surface area contributed by atoms with Gasteiger partial charge in [0.05, 0.1) is 12.2 Å². The van der Waals surface area contributed by atoms with Crippen LogP contribution in [-0.2, 0) is 9.47 Å². The fraction of sp³-hybridized carbons (Fsp3) is 1.00. The summed E-state index contributed by atoms with van der Waals surface area (Å²) in [4.78, 5) is 0. The van der Waals surface area contributed by atoms with E-state index < -0.39 is 0 Å². The molecule has 0 aliphatic carbocycles. The summed E-state index contributed by atoms with van der Waals surface area (Å²) in [6.07, 6.45) is 7.80. The quantitative estimate of drug-likeness (QED) is 0.783. The van der Waals surface area contributed by atoms with Gasteiger partial charge in [-0.1, -0.05) is 0 Å². The van der Waals surface area contributed by atoms with Crippen LogP contribution < -0.4 is 0 Å². The Morgan fingerprint density at radius 1 is 1.12 bits per heavy atom. The average Bonchev–Trinajstić information content (AvgIpc) is 2.81. The summed E-state index contributed by atoms with van der Waals surface area (Å²) in [5.41, 5.74) is 0. The van der Waals surface area contributed by atoms with Gasteiger partial charge in [0.2, 0.25) is 0 Å². The Kier molecular flexibility index (Phi) is 5.07. The zero-order chi connectivity index (χ0) is 11.2. The van der Waals surface area contributed by atoms with Crippen LogP contribution in [0.25, 0.3) is 0 Å². The van der Waals surface area contributed by atoms with Crippen molar-refractivity contribution in [2.45, 2.75) is 57.2 Å². The SMILES string of the molecule is OC(CCC1CCCO1)CC1CCOCC1. The largest absolute Gasteiger partial charge is 0.393 e. The van der Waals surface area contributed by atoms with Crippen molar-refractivity contribution in [3.63, 3.8) is 0 Å². The first-order valence-electron chi connectivity index (χ1n) is 6.72. The molecule has 2 unspecified atom stereocenters. The van der Waals surface area contributed by atoms with E-state index >= 15 is 0 Å². The maximum absolute atomic E-state index is 9.97. The second-order valence-corrected chi connectivity index (χ2v) is 5.16. The molecule has 1 N–H and O–H groups in total. The van der Waals surface area contributed by atoms with Crippen molar-refractivity contribution in [2.75, 3.05) is 19.8 Å². The number of aliphatic hydroxyl groups excluding tert-OH is 1. The van der Waals surface area contributed by atoms with E-state index in [2.05, 4.69) is 0 Å². The third kappa shape index (κ3) is 4.04. The minimum Gasteiger partial charge on any atom is -0.393 e. The predicted molar refractivity (Wildman–Crippen MR) is 62.4 cm³/mol. The van der Waals surface area contributed by atoms with Crippen LogP contribution in [0.1, 0.15) is 44.9 Å². The second-order valence-electron chi connectivity index (χ2n) is 5.16. The lowest BCUT2D eigenvalue weighted by atomic mass is 9.91. The number of hydrogen-bond acceptors (Lipinski definition) is 3. The smallest absolute Gasteiger partial charge is 0.0577 e. The summed E-state index contributed by atoms with van der Waals surface area (Å²) in [5.74, 6) is 0.674. The van der Waals surface area contributed by atoms with Crippen molar-refractivity contribution in [1.29, 1.82) is 0 Å². The first-order valence-corrected chi connectivity index (χ1v) is 6.72. The van der Waals surface area contributed by atoms with Gasteiger partial charge in [-0.2, -0.15) is 0 Å². The molecule has 0 bridgehead atoms. The second kappa shape index (κ2) is 6.58. The highest BCUT2D eigenvalue weighted by Crippen LogP contribution is 2.23. The van der Waals surface area contributed by atoms with E-state index in [1.807, 2.05) is 0 Å². The van der Waals surface area contributed by atoms with Crippen LogP contribution in [0.2, 0.25) is 0 Å². The summed E-state index contributed by atoms with van der Waals surface area (Å²) in [6, 6.07) is 0. The van der Waals surface area contributed by atoms with Crippen molar-refractivity contribution < 1.29 is 14.6 Å². The summed E-state index contributed by atoms with van der Waals surface area (Å²) in [6.45, 7) is 2.67. The third-order valence-electron chi connectivity index (χ3n) is 3.79. The van der Waals surface area contributed by atoms with Gasteiger partial charge in [-0.25, -0.2) is 0 Å². The molecule has 0 radical (unpaired) electrons. The molecule has 2 heterocycles. The fourth-order valence-corrected chi connectivity index (χ4v) is 2.74. The van der Waals surface area contributed by atoms with Crippen LogP contribution in [0, 0.1) is 5.92 Å². The zero-order valence-electron chi connectivity index (χ0n) is 10.1. The van der Waals surface area contributed by atoms with Crippen LogP contribution in [0.15, 0.2) is 0 Å². The van der Waals surface area contributed by atoms with E-state index in [0.29, 0.717) is 12.0 Å². The van der Waals surface area contributed by atoms with E-state index in [1.165, 1.54) is 12.8 Å². The molecule has 2 aliphatic heterocycles. The Labute approximate surface area is 98.1 Å². The molecule has 0 saturated carbocycles. The van der Waals surface area contributed by atoms with E-state index in [-0.39, 0.29) is 6.10 Å². The molecule has 3 heteroatoms. The summed E-state index contributed by atoms with van der Waals surface area (Å²) in [5, 5.41) is 9.97. The molecular weight excluding hydrogens is 204 g/mol. The number of ether oxygens (including phenoxy) is 2. The zero-order valence-corrected chi connectivity index (χ0v) is 10.1. The van der Waals surface area contributed by atoms with Crippen molar-refractivity contribution in [3.8, 4) is 0 Å². The topological polar surface area (TPSA) is 38.7 Å². The van der Waals surface area contributed by atoms with Crippen LogP contribution in [0.4, 0.5) is 0 Å². The van der Waals surface area contributed by atoms with Crippen LogP contribution in [-0.4, -0.2) is 37.1 Å². The maximum atomic E-state index is 9.97. The highest BCUT2D eigenvalue weighted by Gasteiger charge is 2.20. The van der Waals surface area contributed by atoms with Gasteiger partial charge in [0, 0.05) is 19.8 Å². The van der Waals surface area contributed by atoms with Crippen molar-refractivity contribution in [1.82, 2.24) is 0 Å². The van der Waals surface area contributed by atoms with Gasteiger partial charge in [-0.3, -0.25) is 0 Å². The average molecular weight is 228 g/mol. The molecule has 2 rings (SSSR count). The third-order valence-corrected chi connectivity index (χ3v) is 3.79. The highest BCUT2D eigenvalue weighted by molar-refractivity contribution is 4.71. The number of aliphatic hydroxyl groups is 1. The fourth-order valence-electron chi connectivity index (χ4n) is 2.74. The van der Waals surface area contributed by atoms with Gasteiger partial charge >= 0.3 is 0 Å². The molecule has 0 aromatic rings. The van der Waals surface area contributed by atoms with E-state index in [4.69, 9.17) is 9.47 Å². The monoisotopic (exact) mass is 228 g/mol. The van der Waals surface area contributed by atoms with Gasteiger partial charge < -0.3 is 14.6 Å². The molecule has 2 saturated heterocycles. The van der Waals surface area contributed by atoms with E-state index in [0.717, 1.165) is 51.9 Å². The highest BCUT2D eigenvalue weighted by atomic mass is 16.5. The van der Waals surface area contributed by atoms with Crippen LogP contribution in [0.3, 0.4) is 0 Å². The first kappa shape index (κ1) is 12.3. The molecular formula is C13H24O3. The molecule has 3 nitrogen and oxygen atoms in total. The Balaban J connectivity index is 1.57. The van der Waals surface area contributed by atoms with Crippen molar-refractivity contribution >= 4 is 0 Å². The lowest BCUT2D eigenvalue weighted by molar-refractivity contribution is 0.0350. The van der Waals surface area contributed by atoms with Gasteiger partial charge in [0.1, 0.15) is 0 Å². The van der Waals surface area contributed by atoms with Crippen LogP contribution >= 0.6 is 0 Å². The summed E-state index contributed by atoms with van der Waals surface area (Å²) in [7, 11) is 0. The standard InChI is InChI=1S/C13H24O3/c14-12(3-4-13-2-1-7-16-13)10-11-5-8-15-9-6-11/h11-14H,1-10H2. The van der Waals surface area contributed by atoms with E-state index in [1.54, 1.807) is 0 Å². The Hall–Kier alpha value is -0.120. The predicted octanol–water partition coefficient (Wildman–Crippen LogP) is 2.12. The minimum atomic E-state index is -0.132. The van der Waals surface area contributed by atoms with Crippen molar-refractivity contribution in [3.05, 3.63) is 0 Å². The summed E-state index contributed by atoms with van der Waals surface area (Å²) < 4.78 is 10.9.